The Labute approximate surface area is 73.4 Å². The molecular weight excluding hydrogens is 154 g/mol. The summed E-state index contributed by atoms with van der Waals surface area (Å²) in [5.74, 6) is 0.658. The smallest absolute Gasteiger partial charge is 0.0623 e. The molecule has 3 heteroatoms. The molecule has 12 heavy (non-hydrogen) atoms. The van der Waals surface area contributed by atoms with E-state index in [0.29, 0.717) is 18.1 Å². The van der Waals surface area contributed by atoms with Crippen molar-refractivity contribution in [1.82, 2.24) is 5.32 Å². The average molecular weight is 171 g/mol. The van der Waals surface area contributed by atoms with E-state index in [9.17, 15) is 0 Å². The molecule has 2 aliphatic heterocycles. The SMILES string of the molecule is CC1OCCC1C1COCCN1. The van der Waals surface area contributed by atoms with E-state index in [-0.39, 0.29) is 0 Å². The molecular formula is C9H17NO2. The third kappa shape index (κ3) is 1.63. The first-order valence-electron chi connectivity index (χ1n) is 4.80. The summed E-state index contributed by atoms with van der Waals surface area (Å²) in [7, 11) is 0. The Morgan fingerprint density at radius 2 is 2.25 bits per heavy atom. The van der Waals surface area contributed by atoms with Gasteiger partial charge in [-0.1, -0.05) is 0 Å². The van der Waals surface area contributed by atoms with Crippen LogP contribution in [0.3, 0.4) is 0 Å². The van der Waals surface area contributed by atoms with Gasteiger partial charge in [0, 0.05) is 25.1 Å². The highest BCUT2D eigenvalue weighted by Gasteiger charge is 2.32. The Hall–Kier alpha value is -0.120. The third-order valence-corrected chi connectivity index (χ3v) is 2.90. The third-order valence-electron chi connectivity index (χ3n) is 2.90. The van der Waals surface area contributed by atoms with Gasteiger partial charge in [-0.3, -0.25) is 0 Å². The highest BCUT2D eigenvalue weighted by molar-refractivity contribution is 4.85. The molecule has 0 saturated carbocycles. The maximum absolute atomic E-state index is 5.52. The van der Waals surface area contributed by atoms with E-state index < -0.39 is 0 Å². The van der Waals surface area contributed by atoms with Gasteiger partial charge in [0.05, 0.1) is 19.3 Å². The standard InChI is InChI=1S/C9H17NO2/c1-7-8(2-4-12-7)9-6-11-5-3-10-9/h7-10H,2-6H2,1H3. The molecule has 3 unspecified atom stereocenters. The second-order valence-electron chi connectivity index (χ2n) is 3.66. The van der Waals surface area contributed by atoms with Gasteiger partial charge in [-0.2, -0.15) is 0 Å². The lowest BCUT2D eigenvalue weighted by Gasteiger charge is -2.30. The van der Waals surface area contributed by atoms with E-state index in [1.54, 1.807) is 0 Å². The van der Waals surface area contributed by atoms with E-state index in [2.05, 4.69) is 12.2 Å². The fourth-order valence-corrected chi connectivity index (χ4v) is 2.14. The molecule has 2 rings (SSSR count). The summed E-state index contributed by atoms with van der Waals surface area (Å²) in [6.45, 7) is 5.79. The van der Waals surface area contributed by atoms with Crippen molar-refractivity contribution in [3.8, 4) is 0 Å². The predicted octanol–water partition coefficient (Wildman–Crippen LogP) is 0.400. The first kappa shape index (κ1) is 8.48. The van der Waals surface area contributed by atoms with Crippen LogP contribution in [0.2, 0.25) is 0 Å². The number of hydrogen-bond donors (Lipinski definition) is 1. The molecule has 2 heterocycles. The fourth-order valence-electron chi connectivity index (χ4n) is 2.14. The number of rotatable bonds is 1. The largest absolute Gasteiger partial charge is 0.379 e. The van der Waals surface area contributed by atoms with Gasteiger partial charge in [0.15, 0.2) is 0 Å². The Kier molecular flexibility index (Phi) is 2.63. The maximum Gasteiger partial charge on any atom is 0.0623 e. The normalized spacial score (nSPS) is 43.2. The van der Waals surface area contributed by atoms with Gasteiger partial charge in [-0.15, -0.1) is 0 Å². The van der Waals surface area contributed by atoms with Gasteiger partial charge in [0.1, 0.15) is 0 Å². The van der Waals surface area contributed by atoms with Crippen LogP contribution in [0.15, 0.2) is 0 Å². The lowest BCUT2D eigenvalue weighted by Crippen LogP contribution is -2.47. The van der Waals surface area contributed by atoms with Crippen molar-refractivity contribution in [1.29, 1.82) is 0 Å². The minimum atomic E-state index is 0.407. The molecule has 3 atom stereocenters. The summed E-state index contributed by atoms with van der Waals surface area (Å²) in [4.78, 5) is 0. The van der Waals surface area contributed by atoms with Crippen molar-refractivity contribution in [2.45, 2.75) is 25.5 Å². The van der Waals surface area contributed by atoms with Crippen molar-refractivity contribution in [2.24, 2.45) is 5.92 Å². The second-order valence-corrected chi connectivity index (χ2v) is 3.66. The minimum Gasteiger partial charge on any atom is -0.379 e. The molecule has 0 amide bonds. The highest BCUT2D eigenvalue weighted by atomic mass is 16.5. The van der Waals surface area contributed by atoms with E-state index in [1.807, 2.05) is 0 Å². The zero-order valence-electron chi connectivity index (χ0n) is 7.58. The van der Waals surface area contributed by atoms with Crippen LogP contribution in [0.4, 0.5) is 0 Å². The monoisotopic (exact) mass is 171 g/mol. The van der Waals surface area contributed by atoms with Crippen molar-refractivity contribution in [3.05, 3.63) is 0 Å². The fraction of sp³-hybridized carbons (Fsp3) is 1.00. The summed E-state index contributed by atoms with van der Waals surface area (Å²) in [6.07, 6.45) is 1.59. The van der Waals surface area contributed by atoms with Crippen molar-refractivity contribution in [3.63, 3.8) is 0 Å². The topological polar surface area (TPSA) is 30.5 Å². The first-order valence-corrected chi connectivity index (χ1v) is 4.80. The summed E-state index contributed by atoms with van der Waals surface area (Å²) < 4.78 is 10.9. The van der Waals surface area contributed by atoms with Crippen LogP contribution in [0.5, 0.6) is 0 Å². The maximum atomic E-state index is 5.52. The zero-order chi connectivity index (χ0) is 8.39. The van der Waals surface area contributed by atoms with Gasteiger partial charge >= 0.3 is 0 Å². The molecule has 70 valence electrons. The van der Waals surface area contributed by atoms with Crippen LogP contribution in [0.25, 0.3) is 0 Å². The molecule has 1 N–H and O–H groups in total. The van der Waals surface area contributed by atoms with Crippen molar-refractivity contribution in [2.75, 3.05) is 26.4 Å². The van der Waals surface area contributed by atoms with Crippen LogP contribution in [0, 0.1) is 5.92 Å². The van der Waals surface area contributed by atoms with Crippen LogP contribution in [-0.2, 0) is 9.47 Å². The summed E-state index contributed by atoms with van der Waals surface area (Å²) in [5, 5.41) is 3.49. The molecule has 2 fully saturated rings. The molecule has 2 saturated heterocycles. The number of morpholine rings is 1. The molecule has 0 aliphatic carbocycles. The van der Waals surface area contributed by atoms with Crippen LogP contribution in [0.1, 0.15) is 13.3 Å². The van der Waals surface area contributed by atoms with Gasteiger partial charge in [-0.25, -0.2) is 0 Å². The van der Waals surface area contributed by atoms with Crippen LogP contribution >= 0.6 is 0 Å². The number of hydrogen-bond acceptors (Lipinski definition) is 3. The Morgan fingerprint density at radius 3 is 2.83 bits per heavy atom. The molecule has 0 aromatic heterocycles. The summed E-state index contributed by atoms with van der Waals surface area (Å²) in [6, 6.07) is 0.524. The number of ether oxygens (including phenoxy) is 2. The first-order chi connectivity index (χ1) is 5.88. The lowest BCUT2D eigenvalue weighted by molar-refractivity contribution is 0.0333. The van der Waals surface area contributed by atoms with E-state index >= 15 is 0 Å². The molecule has 0 spiro atoms. The van der Waals surface area contributed by atoms with Crippen molar-refractivity contribution < 1.29 is 9.47 Å². The highest BCUT2D eigenvalue weighted by Crippen LogP contribution is 2.24. The Balaban J connectivity index is 1.89. The Morgan fingerprint density at radius 1 is 1.33 bits per heavy atom. The van der Waals surface area contributed by atoms with Gasteiger partial charge in [-0.05, 0) is 13.3 Å². The van der Waals surface area contributed by atoms with Crippen LogP contribution < -0.4 is 5.32 Å². The zero-order valence-corrected chi connectivity index (χ0v) is 7.58. The Bertz CT molecular complexity index is 145. The molecule has 0 bridgehead atoms. The predicted molar refractivity (Wildman–Crippen MR) is 46.1 cm³/mol. The van der Waals surface area contributed by atoms with Crippen LogP contribution in [-0.4, -0.2) is 38.5 Å². The molecule has 0 radical (unpaired) electrons. The summed E-state index contributed by atoms with van der Waals surface area (Å²) in [5.41, 5.74) is 0. The van der Waals surface area contributed by atoms with E-state index in [4.69, 9.17) is 9.47 Å². The molecule has 0 aromatic rings. The summed E-state index contributed by atoms with van der Waals surface area (Å²) >= 11 is 0. The lowest BCUT2D eigenvalue weighted by atomic mass is 9.93. The molecule has 3 nitrogen and oxygen atoms in total. The van der Waals surface area contributed by atoms with Gasteiger partial charge < -0.3 is 14.8 Å². The minimum absolute atomic E-state index is 0.407. The molecule has 0 aromatic carbocycles. The average Bonchev–Trinajstić information content (AvgIpc) is 2.53. The quantitative estimate of drug-likeness (QED) is 0.619. The second kappa shape index (κ2) is 3.73. The molecule has 2 aliphatic rings. The van der Waals surface area contributed by atoms with E-state index in [1.165, 1.54) is 6.42 Å². The van der Waals surface area contributed by atoms with Gasteiger partial charge in [0.25, 0.3) is 0 Å². The number of nitrogens with one attached hydrogen (secondary N) is 1. The van der Waals surface area contributed by atoms with Gasteiger partial charge in [0.2, 0.25) is 0 Å². The van der Waals surface area contributed by atoms with E-state index in [0.717, 1.165) is 26.4 Å². The van der Waals surface area contributed by atoms with Crippen molar-refractivity contribution >= 4 is 0 Å².